The summed E-state index contributed by atoms with van der Waals surface area (Å²) in [6.07, 6.45) is -0.462. The summed E-state index contributed by atoms with van der Waals surface area (Å²) in [4.78, 5) is 8.44. The SMILES string of the molecule is Nc1nccc2c(NCc3cnc(C4CCn5c(nnc5C(F)(F)F)C4)o3)cccc12. The predicted molar refractivity (Wildman–Crippen MR) is 106 cm³/mol. The molecule has 0 saturated carbocycles. The van der Waals surface area contributed by atoms with Crippen LogP contribution in [0.1, 0.15) is 35.6 Å². The van der Waals surface area contributed by atoms with Crippen LogP contribution >= 0.6 is 0 Å². The Labute approximate surface area is 174 Å². The van der Waals surface area contributed by atoms with Crippen LogP contribution in [-0.4, -0.2) is 24.7 Å². The topological polar surface area (TPSA) is 108 Å². The van der Waals surface area contributed by atoms with Gasteiger partial charge in [-0.25, -0.2) is 9.97 Å². The van der Waals surface area contributed by atoms with Gasteiger partial charge in [0.2, 0.25) is 5.82 Å². The van der Waals surface area contributed by atoms with Crippen molar-refractivity contribution in [2.75, 3.05) is 11.1 Å². The Morgan fingerprint density at radius 2 is 2.03 bits per heavy atom. The largest absolute Gasteiger partial charge is 0.451 e. The molecule has 0 radical (unpaired) electrons. The summed E-state index contributed by atoms with van der Waals surface area (Å²) >= 11 is 0. The number of rotatable bonds is 4. The lowest BCUT2D eigenvalue weighted by Crippen LogP contribution is -2.23. The number of pyridine rings is 1. The van der Waals surface area contributed by atoms with Crippen molar-refractivity contribution in [2.24, 2.45) is 0 Å². The lowest BCUT2D eigenvalue weighted by atomic mass is 9.98. The lowest BCUT2D eigenvalue weighted by molar-refractivity contribution is -0.147. The maximum atomic E-state index is 13.0. The number of anilines is 2. The van der Waals surface area contributed by atoms with Crippen LogP contribution in [0.4, 0.5) is 24.7 Å². The van der Waals surface area contributed by atoms with E-state index in [4.69, 9.17) is 10.2 Å². The van der Waals surface area contributed by atoms with E-state index in [0.717, 1.165) is 21.0 Å². The van der Waals surface area contributed by atoms with E-state index in [2.05, 4.69) is 25.5 Å². The normalized spacial score (nSPS) is 16.4. The summed E-state index contributed by atoms with van der Waals surface area (Å²) in [6, 6.07) is 7.61. The molecule has 3 N–H and O–H groups in total. The van der Waals surface area contributed by atoms with E-state index >= 15 is 0 Å². The average Bonchev–Trinajstić information content (AvgIpc) is 3.39. The number of nitrogens with one attached hydrogen (secondary N) is 1. The Bertz CT molecular complexity index is 1250. The molecule has 0 saturated heterocycles. The molecule has 11 heteroatoms. The van der Waals surface area contributed by atoms with Crippen molar-refractivity contribution in [3.05, 3.63) is 60.0 Å². The molecule has 0 bridgehead atoms. The fraction of sp³-hybridized carbons (Fsp3) is 0.300. The van der Waals surface area contributed by atoms with Crippen molar-refractivity contribution in [3.63, 3.8) is 0 Å². The first-order valence-electron chi connectivity index (χ1n) is 9.71. The highest BCUT2D eigenvalue weighted by atomic mass is 19.4. The monoisotopic (exact) mass is 429 g/mol. The van der Waals surface area contributed by atoms with Gasteiger partial charge in [-0.2, -0.15) is 13.2 Å². The van der Waals surface area contributed by atoms with Crippen LogP contribution in [0.2, 0.25) is 0 Å². The standard InChI is InChI=1S/C20H18F3N7O/c21-20(22,23)19-29-28-16-8-11(5-7-30(16)19)18-27-10-12(31-18)9-26-15-3-1-2-14-13(15)4-6-25-17(14)24/h1-4,6,10-11,26H,5,7-9H2,(H2,24,25). The van der Waals surface area contributed by atoms with Crippen LogP contribution in [-0.2, 0) is 25.7 Å². The molecule has 1 atom stereocenters. The molecule has 1 unspecified atom stereocenters. The molecule has 0 fully saturated rings. The number of hydrogen-bond acceptors (Lipinski definition) is 7. The molecule has 0 spiro atoms. The third-order valence-electron chi connectivity index (χ3n) is 5.42. The van der Waals surface area contributed by atoms with E-state index in [1.165, 1.54) is 0 Å². The van der Waals surface area contributed by atoms with Crippen molar-refractivity contribution in [3.8, 4) is 0 Å². The summed E-state index contributed by atoms with van der Waals surface area (Å²) in [5.74, 6) is 0.771. The molecular formula is C20H18F3N7O. The Morgan fingerprint density at radius 1 is 1.16 bits per heavy atom. The van der Waals surface area contributed by atoms with E-state index in [9.17, 15) is 13.2 Å². The molecule has 4 heterocycles. The summed E-state index contributed by atoms with van der Waals surface area (Å²) < 4.78 is 46.0. The molecule has 160 valence electrons. The predicted octanol–water partition coefficient (Wildman–Crippen LogP) is 3.76. The highest BCUT2D eigenvalue weighted by Crippen LogP contribution is 2.34. The van der Waals surface area contributed by atoms with Gasteiger partial charge in [0.25, 0.3) is 0 Å². The number of halogens is 3. The molecule has 1 aromatic carbocycles. The van der Waals surface area contributed by atoms with Gasteiger partial charge in [-0.3, -0.25) is 0 Å². The van der Waals surface area contributed by atoms with E-state index in [-0.39, 0.29) is 12.5 Å². The third-order valence-corrected chi connectivity index (χ3v) is 5.42. The summed E-state index contributed by atoms with van der Waals surface area (Å²) in [5, 5.41) is 12.1. The first-order valence-corrected chi connectivity index (χ1v) is 9.71. The molecule has 3 aromatic heterocycles. The number of alkyl halides is 3. The molecular weight excluding hydrogens is 411 g/mol. The van der Waals surface area contributed by atoms with Gasteiger partial charge in [0.05, 0.1) is 12.7 Å². The van der Waals surface area contributed by atoms with Crippen LogP contribution in [0.15, 0.2) is 41.1 Å². The number of nitrogens with two attached hydrogens (primary N) is 1. The Kier molecular flexibility index (Phi) is 4.53. The molecule has 1 aliphatic heterocycles. The quantitative estimate of drug-likeness (QED) is 0.509. The minimum atomic E-state index is -4.51. The second kappa shape index (κ2) is 7.25. The summed E-state index contributed by atoms with van der Waals surface area (Å²) in [7, 11) is 0. The van der Waals surface area contributed by atoms with E-state index < -0.39 is 12.0 Å². The zero-order valence-electron chi connectivity index (χ0n) is 16.2. The number of aromatic nitrogens is 5. The van der Waals surface area contributed by atoms with Crippen molar-refractivity contribution >= 4 is 22.3 Å². The molecule has 1 aliphatic rings. The van der Waals surface area contributed by atoms with Crippen LogP contribution < -0.4 is 11.1 Å². The zero-order chi connectivity index (χ0) is 21.6. The first kappa shape index (κ1) is 19.3. The highest BCUT2D eigenvalue weighted by Gasteiger charge is 2.40. The molecule has 31 heavy (non-hydrogen) atoms. The minimum Gasteiger partial charge on any atom is -0.444 e. The van der Waals surface area contributed by atoms with Crippen LogP contribution in [0, 0.1) is 0 Å². The number of oxazole rings is 1. The van der Waals surface area contributed by atoms with Gasteiger partial charge in [0, 0.05) is 41.5 Å². The number of nitrogen functional groups attached to an aromatic ring is 1. The minimum absolute atomic E-state index is 0.144. The van der Waals surface area contributed by atoms with Crippen LogP contribution in [0.5, 0.6) is 0 Å². The van der Waals surface area contributed by atoms with Gasteiger partial charge >= 0.3 is 6.18 Å². The summed E-state index contributed by atoms with van der Waals surface area (Å²) in [5.41, 5.74) is 6.82. The smallest absolute Gasteiger partial charge is 0.444 e. The number of nitrogens with zero attached hydrogens (tertiary/aromatic N) is 5. The Balaban J connectivity index is 1.29. The fourth-order valence-corrected chi connectivity index (χ4v) is 3.91. The fourth-order valence-electron chi connectivity index (χ4n) is 3.91. The molecule has 4 aromatic rings. The van der Waals surface area contributed by atoms with Crippen molar-refractivity contribution in [1.29, 1.82) is 0 Å². The first-order chi connectivity index (χ1) is 14.9. The maximum absolute atomic E-state index is 13.0. The van der Waals surface area contributed by atoms with Crippen molar-refractivity contribution < 1.29 is 17.6 Å². The van der Waals surface area contributed by atoms with Gasteiger partial charge in [-0.1, -0.05) is 12.1 Å². The molecule has 5 rings (SSSR count). The van der Waals surface area contributed by atoms with E-state index in [1.54, 1.807) is 12.4 Å². The van der Waals surface area contributed by atoms with Crippen LogP contribution in [0.3, 0.4) is 0 Å². The number of fused-ring (bicyclic) bond motifs is 2. The Morgan fingerprint density at radius 3 is 2.87 bits per heavy atom. The lowest BCUT2D eigenvalue weighted by Gasteiger charge is -2.21. The van der Waals surface area contributed by atoms with Gasteiger partial charge in [-0.05, 0) is 18.6 Å². The number of hydrogen-bond donors (Lipinski definition) is 2. The molecule has 0 aliphatic carbocycles. The third kappa shape index (κ3) is 3.56. The van der Waals surface area contributed by atoms with E-state index in [1.807, 2.05) is 24.3 Å². The van der Waals surface area contributed by atoms with Gasteiger partial charge in [-0.15, -0.1) is 10.2 Å². The zero-order valence-corrected chi connectivity index (χ0v) is 16.2. The van der Waals surface area contributed by atoms with Gasteiger partial charge in [0.1, 0.15) is 17.4 Å². The van der Waals surface area contributed by atoms with Gasteiger partial charge in [0.15, 0.2) is 5.89 Å². The number of benzene rings is 1. The van der Waals surface area contributed by atoms with Crippen molar-refractivity contribution in [1.82, 2.24) is 24.7 Å². The second-order valence-electron chi connectivity index (χ2n) is 7.39. The maximum Gasteiger partial charge on any atom is 0.451 e. The Hall–Kier alpha value is -3.63. The molecule has 8 nitrogen and oxygen atoms in total. The van der Waals surface area contributed by atoms with Crippen LogP contribution in [0.25, 0.3) is 10.8 Å². The van der Waals surface area contributed by atoms with Crippen molar-refractivity contribution in [2.45, 2.75) is 38.0 Å². The van der Waals surface area contributed by atoms with Gasteiger partial charge < -0.3 is 20.0 Å². The highest BCUT2D eigenvalue weighted by molar-refractivity contribution is 5.99. The summed E-state index contributed by atoms with van der Waals surface area (Å²) in [6.45, 7) is 0.568. The second-order valence-corrected chi connectivity index (χ2v) is 7.39. The average molecular weight is 429 g/mol. The van der Waals surface area contributed by atoms with E-state index in [0.29, 0.717) is 42.7 Å². The molecule has 0 amide bonds.